The van der Waals surface area contributed by atoms with Crippen LogP contribution in [0.2, 0.25) is 0 Å². The van der Waals surface area contributed by atoms with E-state index in [1.165, 1.54) is 5.57 Å². The van der Waals surface area contributed by atoms with Gasteiger partial charge in [0.25, 0.3) is 0 Å². The summed E-state index contributed by atoms with van der Waals surface area (Å²) in [6, 6.07) is 0. The lowest BCUT2D eigenvalue weighted by molar-refractivity contribution is -0.151. The third-order valence-electron chi connectivity index (χ3n) is 10.3. The first kappa shape index (κ1) is 46.5. The molecule has 292 valence electrons. The number of hydrogen-bond donors (Lipinski definition) is 0. The summed E-state index contributed by atoms with van der Waals surface area (Å²) in [5.74, 6) is 0.0554. The monoisotopic (exact) mass is 714 g/mol. The van der Waals surface area contributed by atoms with Crippen LogP contribution in [0.25, 0.3) is 0 Å². The molecule has 2 unspecified atom stereocenters. The Bertz CT molecular complexity index is 996. The Balaban J connectivity index is 2.99. The lowest BCUT2D eigenvalue weighted by Crippen LogP contribution is -2.32. The first-order valence-corrected chi connectivity index (χ1v) is 21.0. The SMILES string of the molecule is C=C=C=C=C1C(CCCCC)CCOC(=O)CCCCCCCC(OC(=O)CN(CC)CC)CCCCCCCC(=O)OCCC1CCCCC. The van der Waals surface area contributed by atoms with Crippen LogP contribution in [0.5, 0.6) is 0 Å². The van der Waals surface area contributed by atoms with Gasteiger partial charge in [-0.15, -0.1) is 0 Å². The number of carbonyl (C=O) groups excluding carboxylic acids is 3. The molecule has 51 heavy (non-hydrogen) atoms. The van der Waals surface area contributed by atoms with E-state index in [0.29, 0.717) is 32.6 Å². The summed E-state index contributed by atoms with van der Waals surface area (Å²) < 4.78 is 17.5. The van der Waals surface area contributed by atoms with Crippen LogP contribution < -0.4 is 0 Å². The van der Waals surface area contributed by atoms with Gasteiger partial charge in [0.05, 0.1) is 19.8 Å². The Labute approximate surface area is 312 Å². The molecule has 0 bridgehead atoms. The maximum atomic E-state index is 12.7. The summed E-state index contributed by atoms with van der Waals surface area (Å²) in [5.41, 5.74) is 10.4. The Morgan fingerprint density at radius 2 is 1.18 bits per heavy atom. The highest BCUT2D eigenvalue weighted by atomic mass is 16.5. The number of esters is 3. The van der Waals surface area contributed by atoms with Crippen molar-refractivity contribution in [2.45, 2.75) is 188 Å². The third kappa shape index (κ3) is 24.3. The van der Waals surface area contributed by atoms with Gasteiger partial charge in [0.15, 0.2) is 0 Å². The second kappa shape index (κ2) is 32.1. The van der Waals surface area contributed by atoms with E-state index in [9.17, 15) is 14.4 Å². The molecule has 0 aromatic rings. The summed E-state index contributed by atoms with van der Waals surface area (Å²) in [6.07, 6.45) is 22.9. The normalized spacial score (nSPS) is 21.8. The summed E-state index contributed by atoms with van der Waals surface area (Å²) >= 11 is 0. The van der Waals surface area contributed by atoms with Gasteiger partial charge in [0.1, 0.15) is 6.10 Å². The Kier molecular flexibility index (Phi) is 29.3. The minimum Gasteiger partial charge on any atom is -0.466 e. The van der Waals surface area contributed by atoms with Crippen LogP contribution in [0, 0.1) is 11.8 Å². The number of carbonyl (C=O) groups is 3. The molecule has 1 rings (SSSR count). The second-order valence-electron chi connectivity index (χ2n) is 14.5. The van der Waals surface area contributed by atoms with Crippen LogP contribution in [0.15, 0.2) is 29.3 Å². The van der Waals surface area contributed by atoms with Gasteiger partial charge in [-0.1, -0.05) is 116 Å². The minimum absolute atomic E-state index is 0.0492. The topological polar surface area (TPSA) is 82.1 Å². The average molecular weight is 714 g/mol. The molecule has 0 saturated carbocycles. The van der Waals surface area contributed by atoms with Crippen molar-refractivity contribution in [3.05, 3.63) is 29.3 Å². The lowest BCUT2D eigenvalue weighted by Gasteiger charge is -2.26. The molecule has 0 aromatic carbocycles. The highest BCUT2D eigenvalue weighted by Crippen LogP contribution is 2.33. The second-order valence-corrected chi connectivity index (χ2v) is 14.5. The minimum atomic E-state index is -0.128. The molecule has 1 saturated heterocycles. The van der Waals surface area contributed by atoms with Crippen LogP contribution in [-0.4, -0.2) is 61.8 Å². The van der Waals surface area contributed by atoms with Crippen LogP contribution in [0.3, 0.4) is 0 Å². The van der Waals surface area contributed by atoms with Crippen molar-refractivity contribution in [1.82, 2.24) is 4.90 Å². The van der Waals surface area contributed by atoms with Gasteiger partial charge in [-0.2, -0.15) is 0 Å². The maximum absolute atomic E-state index is 12.7. The lowest BCUT2D eigenvalue weighted by atomic mass is 9.79. The number of nitrogens with zero attached hydrogens (tertiary/aromatic N) is 1. The molecular weight excluding hydrogens is 638 g/mol. The zero-order valence-electron chi connectivity index (χ0n) is 33.3. The number of likely N-dealkylation sites (N-methyl/N-ethyl adjacent to an activating group) is 1. The molecule has 7 heteroatoms. The van der Waals surface area contributed by atoms with E-state index in [1.807, 2.05) is 0 Å². The van der Waals surface area contributed by atoms with Crippen molar-refractivity contribution < 1.29 is 28.6 Å². The highest BCUT2D eigenvalue weighted by Gasteiger charge is 2.24. The quantitative estimate of drug-likeness (QED) is 0.0813. The molecule has 1 heterocycles. The smallest absolute Gasteiger partial charge is 0.320 e. The first-order chi connectivity index (χ1) is 24.9. The largest absolute Gasteiger partial charge is 0.466 e. The Hall–Kier alpha value is -2.55. The predicted molar refractivity (Wildman–Crippen MR) is 208 cm³/mol. The Morgan fingerprint density at radius 3 is 1.63 bits per heavy atom. The zero-order valence-corrected chi connectivity index (χ0v) is 33.3. The number of ether oxygens (including phenoxy) is 3. The van der Waals surface area contributed by atoms with Gasteiger partial charge in [-0.25, -0.2) is 0 Å². The van der Waals surface area contributed by atoms with Crippen molar-refractivity contribution in [2.24, 2.45) is 11.8 Å². The van der Waals surface area contributed by atoms with Crippen molar-refractivity contribution in [2.75, 3.05) is 32.8 Å². The summed E-state index contributed by atoms with van der Waals surface area (Å²) in [5, 5.41) is 0. The Morgan fingerprint density at radius 1 is 0.706 bits per heavy atom. The molecule has 0 spiro atoms. The summed E-state index contributed by atoms with van der Waals surface area (Å²) in [6.45, 7) is 15.1. The van der Waals surface area contributed by atoms with E-state index >= 15 is 0 Å². The van der Waals surface area contributed by atoms with Crippen LogP contribution >= 0.6 is 0 Å². The fraction of sp³-hybridized carbons (Fsp3) is 0.818. The molecule has 2 atom stereocenters. The number of cyclic esters (lactones) is 2. The summed E-state index contributed by atoms with van der Waals surface area (Å²) in [4.78, 5) is 40.2. The van der Waals surface area contributed by atoms with Crippen LogP contribution in [0.4, 0.5) is 0 Å². The molecule has 1 aliphatic heterocycles. The van der Waals surface area contributed by atoms with E-state index in [2.05, 4.69) is 56.4 Å². The van der Waals surface area contributed by atoms with Gasteiger partial charge in [0.2, 0.25) is 0 Å². The van der Waals surface area contributed by atoms with Crippen molar-refractivity contribution in [3.8, 4) is 0 Å². The molecule has 0 radical (unpaired) electrons. The van der Waals surface area contributed by atoms with Gasteiger partial charge < -0.3 is 14.2 Å². The van der Waals surface area contributed by atoms with E-state index in [0.717, 1.165) is 154 Å². The molecule has 0 aromatic heterocycles. The van der Waals surface area contributed by atoms with Gasteiger partial charge in [0, 0.05) is 12.8 Å². The number of allylic oxidation sites excluding steroid dienone is 1. The van der Waals surface area contributed by atoms with E-state index < -0.39 is 0 Å². The molecule has 7 nitrogen and oxygen atoms in total. The summed E-state index contributed by atoms with van der Waals surface area (Å²) in [7, 11) is 0. The van der Waals surface area contributed by atoms with Crippen molar-refractivity contribution >= 4 is 17.9 Å². The highest BCUT2D eigenvalue weighted by molar-refractivity contribution is 5.72. The van der Waals surface area contributed by atoms with Gasteiger partial charge in [-0.3, -0.25) is 19.3 Å². The zero-order chi connectivity index (χ0) is 37.4. The van der Waals surface area contributed by atoms with Crippen LogP contribution in [-0.2, 0) is 28.6 Å². The molecular formula is C44H75NO6. The third-order valence-corrected chi connectivity index (χ3v) is 10.3. The first-order valence-electron chi connectivity index (χ1n) is 21.0. The molecule has 0 aliphatic carbocycles. The fourth-order valence-electron chi connectivity index (χ4n) is 7.08. The van der Waals surface area contributed by atoms with E-state index in [1.54, 1.807) is 0 Å². The molecule has 0 N–H and O–H groups in total. The fourth-order valence-corrected chi connectivity index (χ4v) is 7.08. The number of rotatable bonds is 13. The van der Waals surface area contributed by atoms with Crippen molar-refractivity contribution in [1.29, 1.82) is 0 Å². The van der Waals surface area contributed by atoms with Crippen molar-refractivity contribution in [3.63, 3.8) is 0 Å². The molecule has 1 aliphatic rings. The number of unbranched alkanes of at least 4 members (excludes halogenated alkanes) is 4. The average Bonchev–Trinajstić information content (AvgIpc) is 3.12. The molecule has 0 amide bonds. The van der Waals surface area contributed by atoms with Crippen LogP contribution in [0.1, 0.15) is 182 Å². The van der Waals surface area contributed by atoms with E-state index in [4.69, 9.17) is 14.2 Å². The standard InChI is InChI=1S/C44H75NO6/c1-6-11-20-26-38-33-35-49-42(46)31-24-18-14-16-22-28-40(51-44(48)37-45(9-4)10-5)29-23-17-15-19-25-32-43(47)50-36-34-39(27-21-12-7-2)41(38)30-13-8-3/h38-40H,3,6-7,9-12,14-29,31-37H2,1-2,4-5H3. The van der Waals surface area contributed by atoms with Gasteiger partial charge >= 0.3 is 17.9 Å². The predicted octanol–water partition coefficient (Wildman–Crippen LogP) is 11.0. The number of hydrogen-bond acceptors (Lipinski definition) is 7. The maximum Gasteiger partial charge on any atom is 0.320 e. The van der Waals surface area contributed by atoms with Gasteiger partial charge in [-0.05, 0) is 107 Å². The molecule has 1 fully saturated rings. The van der Waals surface area contributed by atoms with E-state index in [-0.39, 0.29) is 35.8 Å².